The van der Waals surface area contributed by atoms with Gasteiger partial charge in [-0.2, -0.15) is 0 Å². The second kappa shape index (κ2) is 9.67. The molecule has 11 heteroatoms. The van der Waals surface area contributed by atoms with Crippen molar-refractivity contribution in [2.75, 3.05) is 19.8 Å². The minimum absolute atomic E-state index is 0.0154. The molecule has 0 fully saturated rings. The number of hydrogen-bond donors (Lipinski definition) is 3. The number of nitrogens with one attached hydrogen (secondary N) is 2. The van der Waals surface area contributed by atoms with Gasteiger partial charge in [0.1, 0.15) is 19.0 Å². The Morgan fingerprint density at radius 2 is 1.84 bits per heavy atom. The van der Waals surface area contributed by atoms with Gasteiger partial charge in [-0.05, 0) is 55.3 Å². The molecule has 31 heavy (non-hydrogen) atoms. The second-order valence-electron chi connectivity index (χ2n) is 6.69. The van der Waals surface area contributed by atoms with E-state index in [2.05, 4.69) is 10.3 Å². The van der Waals surface area contributed by atoms with Gasteiger partial charge in [-0.25, -0.2) is 8.42 Å². The zero-order valence-electron chi connectivity index (χ0n) is 16.7. The van der Waals surface area contributed by atoms with Crippen LogP contribution in [-0.2, 0) is 14.8 Å². The zero-order valence-corrected chi connectivity index (χ0v) is 17.5. The maximum Gasteiger partial charge on any atom is 0.303 e. The summed E-state index contributed by atoms with van der Waals surface area (Å²) in [6.07, 6.45) is 0.320. The van der Waals surface area contributed by atoms with Gasteiger partial charge in [0, 0.05) is 12.0 Å². The van der Waals surface area contributed by atoms with E-state index in [0.717, 1.165) is 0 Å². The molecule has 2 aromatic rings. The summed E-state index contributed by atoms with van der Waals surface area (Å²) in [5.41, 5.74) is 2.93. The Hall–Kier alpha value is -3.31. The number of hydrogen-bond acceptors (Lipinski definition) is 7. The van der Waals surface area contributed by atoms with Crippen LogP contribution in [0.15, 0.2) is 41.3 Å². The predicted octanol–water partition coefficient (Wildman–Crippen LogP) is 1.63. The standard InChI is InChI=1S/C20H22N2O8S/c1-13-11-15(5-7-16(13)28-8-2-3-19(23)24)31(26,27)22-21-20(25)14-4-6-17-18(12-14)30-10-9-29-17/h4-7,11-12,22H,2-3,8-10H2,1H3,(H,21,25)(H,23,24). The predicted molar refractivity (Wildman–Crippen MR) is 109 cm³/mol. The molecule has 1 heterocycles. The molecule has 1 amide bonds. The molecule has 2 aromatic carbocycles. The van der Waals surface area contributed by atoms with Gasteiger partial charge < -0.3 is 19.3 Å². The van der Waals surface area contributed by atoms with E-state index in [4.69, 9.17) is 19.3 Å². The van der Waals surface area contributed by atoms with Crippen LogP contribution in [0.25, 0.3) is 0 Å². The molecule has 0 aromatic heterocycles. The topological polar surface area (TPSA) is 140 Å². The molecule has 0 unspecified atom stereocenters. The summed E-state index contributed by atoms with van der Waals surface area (Å²) in [7, 11) is -4.03. The molecule has 10 nitrogen and oxygen atoms in total. The summed E-state index contributed by atoms with van der Waals surface area (Å²) >= 11 is 0. The summed E-state index contributed by atoms with van der Waals surface area (Å²) < 4.78 is 41.3. The molecule has 0 atom stereocenters. The number of fused-ring (bicyclic) bond motifs is 1. The van der Waals surface area contributed by atoms with Crippen molar-refractivity contribution >= 4 is 21.9 Å². The number of aliphatic carboxylic acids is 1. The van der Waals surface area contributed by atoms with Crippen molar-refractivity contribution in [1.82, 2.24) is 10.3 Å². The quantitative estimate of drug-likeness (QED) is 0.387. The summed E-state index contributed by atoms with van der Waals surface area (Å²) in [6, 6.07) is 8.75. The van der Waals surface area contributed by atoms with Crippen LogP contribution >= 0.6 is 0 Å². The van der Waals surface area contributed by atoms with E-state index in [1.807, 2.05) is 0 Å². The van der Waals surface area contributed by atoms with E-state index in [1.165, 1.54) is 30.3 Å². The molecule has 166 valence electrons. The van der Waals surface area contributed by atoms with Crippen LogP contribution < -0.4 is 24.5 Å². The van der Waals surface area contributed by atoms with Crippen LogP contribution in [0.4, 0.5) is 0 Å². The molecular weight excluding hydrogens is 428 g/mol. The lowest BCUT2D eigenvalue weighted by Gasteiger charge is -2.18. The average Bonchev–Trinajstić information content (AvgIpc) is 2.75. The molecule has 3 N–H and O–H groups in total. The molecular formula is C20H22N2O8S. The fraction of sp³-hybridized carbons (Fsp3) is 0.300. The third kappa shape index (κ3) is 5.86. The number of carboxylic acids is 1. The minimum atomic E-state index is -4.03. The lowest BCUT2D eigenvalue weighted by Crippen LogP contribution is -2.41. The molecule has 1 aliphatic heterocycles. The molecule has 0 spiro atoms. The Labute approximate surface area is 179 Å². The van der Waals surface area contributed by atoms with Gasteiger partial charge in [0.15, 0.2) is 11.5 Å². The highest BCUT2D eigenvalue weighted by Crippen LogP contribution is 2.30. The molecule has 1 aliphatic rings. The highest BCUT2D eigenvalue weighted by Gasteiger charge is 2.19. The summed E-state index contributed by atoms with van der Waals surface area (Å²) in [4.78, 5) is 24.8. The highest BCUT2D eigenvalue weighted by atomic mass is 32.2. The summed E-state index contributed by atoms with van der Waals surface area (Å²) in [6.45, 7) is 2.65. The van der Waals surface area contributed by atoms with E-state index >= 15 is 0 Å². The fourth-order valence-corrected chi connectivity index (χ4v) is 3.71. The first kappa shape index (κ1) is 22.4. The Balaban J connectivity index is 1.60. The zero-order chi connectivity index (χ0) is 22.4. The molecule has 0 saturated carbocycles. The number of sulfonamides is 1. The molecule has 0 bridgehead atoms. The third-order valence-electron chi connectivity index (χ3n) is 4.35. The molecule has 0 radical (unpaired) electrons. The SMILES string of the molecule is Cc1cc(S(=O)(=O)NNC(=O)c2ccc3c(c2)OCCO3)ccc1OCCCC(=O)O. The van der Waals surface area contributed by atoms with Crippen molar-refractivity contribution in [3.8, 4) is 17.2 Å². The number of carbonyl (C=O) groups is 2. The van der Waals surface area contributed by atoms with E-state index in [0.29, 0.717) is 42.4 Å². The van der Waals surface area contributed by atoms with Crippen LogP contribution in [0, 0.1) is 6.92 Å². The number of benzene rings is 2. The maximum absolute atomic E-state index is 12.5. The Morgan fingerprint density at radius 1 is 1.10 bits per heavy atom. The average molecular weight is 450 g/mol. The molecule has 0 saturated heterocycles. The Bertz CT molecular complexity index is 1080. The van der Waals surface area contributed by atoms with Gasteiger partial charge in [0.2, 0.25) is 0 Å². The van der Waals surface area contributed by atoms with Gasteiger partial charge in [0.25, 0.3) is 15.9 Å². The number of rotatable bonds is 9. The number of aryl methyl sites for hydroxylation is 1. The normalized spacial score (nSPS) is 12.8. The van der Waals surface area contributed by atoms with Gasteiger partial charge in [-0.15, -0.1) is 4.83 Å². The van der Waals surface area contributed by atoms with Gasteiger partial charge in [-0.1, -0.05) is 0 Å². The van der Waals surface area contributed by atoms with Crippen LogP contribution in [0.3, 0.4) is 0 Å². The van der Waals surface area contributed by atoms with Crippen molar-refractivity contribution in [3.63, 3.8) is 0 Å². The first-order chi connectivity index (χ1) is 14.8. The van der Waals surface area contributed by atoms with Crippen LogP contribution in [-0.4, -0.2) is 45.2 Å². The molecule has 3 rings (SSSR count). The number of hydrazine groups is 1. The number of ether oxygens (including phenoxy) is 3. The van der Waals surface area contributed by atoms with Gasteiger partial charge in [-0.3, -0.25) is 15.0 Å². The summed E-state index contributed by atoms with van der Waals surface area (Å²) in [5, 5.41) is 8.63. The van der Waals surface area contributed by atoms with Gasteiger partial charge in [0.05, 0.1) is 11.5 Å². The molecule has 0 aliphatic carbocycles. The van der Waals surface area contributed by atoms with E-state index in [1.54, 1.807) is 13.0 Å². The number of amides is 1. The largest absolute Gasteiger partial charge is 0.493 e. The van der Waals surface area contributed by atoms with E-state index < -0.39 is 21.9 Å². The number of carboxylic acid groups (broad SMARTS) is 1. The van der Waals surface area contributed by atoms with Crippen LogP contribution in [0.1, 0.15) is 28.8 Å². The van der Waals surface area contributed by atoms with Crippen molar-refractivity contribution in [2.45, 2.75) is 24.7 Å². The van der Waals surface area contributed by atoms with Crippen LogP contribution in [0.2, 0.25) is 0 Å². The number of carbonyl (C=O) groups excluding carboxylic acids is 1. The van der Waals surface area contributed by atoms with Crippen molar-refractivity contribution < 1.29 is 37.3 Å². The van der Waals surface area contributed by atoms with Crippen molar-refractivity contribution in [1.29, 1.82) is 0 Å². The summed E-state index contributed by atoms with van der Waals surface area (Å²) in [5.74, 6) is -0.188. The van der Waals surface area contributed by atoms with Gasteiger partial charge >= 0.3 is 5.97 Å². The second-order valence-corrected chi connectivity index (χ2v) is 8.37. The smallest absolute Gasteiger partial charge is 0.303 e. The maximum atomic E-state index is 12.5. The lowest BCUT2D eigenvalue weighted by molar-refractivity contribution is -0.137. The minimum Gasteiger partial charge on any atom is -0.493 e. The first-order valence-corrected chi connectivity index (χ1v) is 10.9. The van der Waals surface area contributed by atoms with E-state index in [9.17, 15) is 18.0 Å². The highest BCUT2D eigenvalue weighted by molar-refractivity contribution is 7.89. The first-order valence-electron chi connectivity index (χ1n) is 9.43. The lowest BCUT2D eigenvalue weighted by atomic mass is 10.2. The Morgan fingerprint density at radius 3 is 2.55 bits per heavy atom. The van der Waals surface area contributed by atoms with Crippen LogP contribution in [0.5, 0.6) is 17.2 Å². The third-order valence-corrected chi connectivity index (χ3v) is 5.60. The van der Waals surface area contributed by atoms with Crippen molar-refractivity contribution in [2.24, 2.45) is 0 Å². The Kier molecular flexibility index (Phi) is 6.98. The fourth-order valence-electron chi connectivity index (χ4n) is 2.79. The van der Waals surface area contributed by atoms with Crippen molar-refractivity contribution in [3.05, 3.63) is 47.5 Å². The van der Waals surface area contributed by atoms with E-state index in [-0.39, 0.29) is 23.5 Å². The monoisotopic (exact) mass is 450 g/mol.